The highest BCUT2D eigenvalue weighted by molar-refractivity contribution is 5.82. The number of nitrogens with two attached hydrogens (primary N) is 1. The van der Waals surface area contributed by atoms with Gasteiger partial charge in [0.05, 0.1) is 12.6 Å². The molecular formula is C11H17NO3. The summed E-state index contributed by atoms with van der Waals surface area (Å²) in [5.41, 5.74) is 5.65. The van der Waals surface area contributed by atoms with Crippen LogP contribution in [0.1, 0.15) is 20.8 Å². The molecule has 4 heteroatoms. The minimum atomic E-state index is -0.963. The van der Waals surface area contributed by atoms with Crippen molar-refractivity contribution < 1.29 is 14.6 Å². The Balaban J connectivity index is 3.06. The molecule has 4 nitrogen and oxygen atoms in total. The summed E-state index contributed by atoms with van der Waals surface area (Å²) in [7, 11) is 0. The summed E-state index contributed by atoms with van der Waals surface area (Å²) in [5.74, 6) is -0.387. The lowest BCUT2D eigenvalue weighted by Crippen LogP contribution is -2.49. The van der Waals surface area contributed by atoms with Gasteiger partial charge in [-0.25, -0.2) is 0 Å². The molecule has 1 aliphatic carbocycles. The van der Waals surface area contributed by atoms with Gasteiger partial charge in [-0.3, -0.25) is 4.79 Å². The normalized spacial score (nSPS) is 30.5. The van der Waals surface area contributed by atoms with Crippen LogP contribution in [0.2, 0.25) is 0 Å². The summed E-state index contributed by atoms with van der Waals surface area (Å²) >= 11 is 0. The van der Waals surface area contributed by atoms with Crippen molar-refractivity contribution in [2.24, 2.45) is 11.1 Å². The van der Waals surface area contributed by atoms with Gasteiger partial charge < -0.3 is 15.6 Å². The van der Waals surface area contributed by atoms with E-state index in [0.717, 1.165) is 5.57 Å². The molecule has 0 saturated heterocycles. The predicted octanol–water partition coefficient (Wildman–Crippen LogP) is 1.28. The zero-order valence-electron chi connectivity index (χ0n) is 9.28. The number of carbonyl (C=O) groups is 1. The Morgan fingerprint density at radius 1 is 1.67 bits per heavy atom. The number of aliphatic hydroxyl groups is 1. The molecule has 3 N–H and O–H groups in total. The predicted molar refractivity (Wildman–Crippen MR) is 57.2 cm³/mol. The molecule has 0 saturated carbocycles. The van der Waals surface area contributed by atoms with E-state index in [1.54, 1.807) is 26.8 Å². The number of aliphatic hydroxyl groups excluding tert-OH is 1. The molecule has 0 heterocycles. The van der Waals surface area contributed by atoms with Gasteiger partial charge in [-0.15, -0.1) is 0 Å². The molecule has 2 atom stereocenters. The van der Waals surface area contributed by atoms with Gasteiger partial charge in [-0.05, 0) is 26.8 Å². The van der Waals surface area contributed by atoms with Gasteiger partial charge in [0.2, 0.25) is 0 Å². The quantitative estimate of drug-likeness (QED) is 0.675. The highest BCUT2D eigenvalue weighted by Crippen LogP contribution is 2.36. The molecule has 0 aromatic heterocycles. The first kappa shape index (κ1) is 11.8. The van der Waals surface area contributed by atoms with Crippen LogP contribution < -0.4 is 5.73 Å². The van der Waals surface area contributed by atoms with Crippen LogP contribution in [0.4, 0.5) is 0 Å². The molecular weight excluding hydrogens is 194 g/mol. The van der Waals surface area contributed by atoms with Crippen molar-refractivity contribution in [3.05, 3.63) is 23.5 Å². The molecule has 0 bridgehead atoms. The number of carbonyl (C=O) groups excluding carboxylic acids is 1. The van der Waals surface area contributed by atoms with Crippen LogP contribution in [0.15, 0.2) is 23.5 Å². The summed E-state index contributed by atoms with van der Waals surface area (Å²) in [6.45, 7) is 5.54. The first-order chi connectivity index (χ1) is 6.94. The zero-order chi connectivity index (χ0) is 11.6. The monoisotopic (exact) mass is 211 g/mol. The molecule has 1 aliphatic rings. The second kappa shape index (κ2) is 4.06. The van der Waals surface area contributed by atoms with Crippen molar-refractivity contribution in [2.75, 3.05) is 6.61 Å². The Bertz CT molecular complexity index is 333. The van der Waals surface area contributed by atoms with Gasteiger partial charge in [0.1, 0.15) is 11.2 Å². The van der Waals surface area contributed by atoms with Crippen molar-refractivity contribution >= 4 is 5.97 Å². The number of hydrogen-bond donors (Lipinski definition) is 2. The van der Waals surface area contributed by atoms with E-state index in [1.165, 1.54) is 6.08 Å². The Kier molecular flexibility index (Phi) is 3.19. The van der Waals surface area contributed by atoms with E-state index in [9.17, 15) is 9.90 Å². The second-order valence-corrected chi connectivity index (χ2v) is 3.84. The molecule has 2 unspecified atom stereocenters. The molecule has 0 fully saturated rings. The van der Waals surface area contributed by atoms with Crippen molar-refractivity contribution in [3.63, 3.8) is 0 Å². The third-order valence-corrected chi connectivity index (χ3v) is 2.96. The summed E-state index contributed by atoms with van der Waals surface area (Å²) < 4.78 is 4.98. The molecule has 0 radical (unpaired) electrons. The maximum Gasteiger partial charge on any atom is 0.317 e. The Hall–Kier alpha value is -1.29. The van der Waals surface area contributed by atoms with Crippen LogP contribution in [0, 0.1) is 5.41 Å². The Morgan fingerprint density at radius 3 is 2.80 bits per heavy atom. The molecule has 0 aromatic carbocycles. The largest absolute Gasteiger partial charge is 0.511 e. The van der Waals surface area contributed by atoms with E-state index in [-0.39, 0.29) is 5.76 Å². The number of esters is 1. The van der Waals surface area contributed by atoms with E-state index < -0.39 is 17.4 Å². The lowest BCUT2D eigenvalue weighted by atomic mass is 9.73. The fourth-order valence-corrected chi connectivity index (χ4v) is 1.60. The topological polar surface area (TPSA) is 72.5 Å². The third-order valence-electron chi connectivity index (χ3n) is 2.96. The van der Waals surface area contributed by atoms with E-state index >= 15 is 0 Å². The lowest BCUT2D eigenvalue weighted by molar-refractivity contribution is -0.153. The van der Waals surface area contributed by atoms with Gasteiger partial charge >= 0.3 is 5.97 Å². The number of ether oxygens (including phenoxy) is 1. The molecule has 84 valence electrons. The summed E-state index contributed by atoms with van der Waals surface area (Å²) in [6.07, 6.45) is 3.20. The van der Waals surface area contributed by atoms with Gasteiger partial charge in [-0.2, -0.15) is 0 Å². The lowest BCUT2D eigenvalue weighted by Gasteiger charge is -2.35. The smallest absolute Gasteiger partial charge is 0.317 e. The van der Waals surface area contributed by atoms with Crippen LogP contribution in [-0.2, 0) is 9.53 Å². The number of allylic oxidation sites excluding steroid dienone is 2. The fourth-order valence-electron chi connectivity index (χ4n) is 1.60. The molecule has 0 amide bonds. The molecule has 0 aromatic rings. The second-order valence-electron chi connectivity index (χ2n) is 3.84. The first-order valence-electron chi connectivity index (χ1n) is 4.95. The minimum Gasteiger partial charge on any atom is -0.511 e. The Labute approximate surface area is 89.4 Å². The minimum absolute atomic E-state index is 0.0103. The zero-order valence-corrected chi connectivity index (χ0v) is 9.28. The summed E-state index contributed by atoms with van der Waals surface area (Å²) in [5, 5.41) is 9.53. The van der Waals surface area contributed by atoms with Gasteiger partial charge in [0.15, 0.2) is 0 Å². The average molecular weight is 211 g/mol. The summed E-state index contributed by atoms with van der Waals surface area (Å²) in [6, 6.07) is -0.735. The third kappa shape index (κ3) is 1.77. The average Bonchev–Trinajstić information content (AvgIpc) is 2.21. The van der Waals surface area contributed by atoms with Crippen molar-refractivity contribution in [3.8, 4) is 0 Å². The molecule has 15 heavy (non-hydrogen) atoms. The van der Waals surface area contributed by atoms with Crippen LogP contribution in [-0.4, -0.2) is 23.7 Å². The summed E-state index contributed by atoms with van der Waals surface area (Å²) in [4.78, 5) is 11.8. The van der Waals surface area contributed by atoms with Gasteiger partial charge in [0, 0.05) is 0 Å². The fraction of sp³-hybridized carbons (Fsp3) is 0.545. The molecule has 1 rings (SSSR count). The van der Waals surface area contributed by atoms with E-state index in [4.69, 9.17) is 10.5 Å². The SMILES string of the molecule is CCOC(=O)C1(C)C(C)=CC=C(O)C1N. The van der Waals surface area contributed by atoms with Gasteiger partial charge in [0.25, 0.3) is 0 Å². The number of rotatable bonds is 2. The maximum atomic E-state index is 11.8. The highest BCUT2D eigenvalue weighted by atomic mass is 16.5. The van der Waals surface area contributed by atoms with Crippen molar-refractivity contribution in [1.29, 1.82) is 0 Å². The standard InChI is InChI=1S/C11H17NO3/c1-4-15-10(14)11(3)7(2)5-6-8(13)9(11)12/h5-6,9,13H,4,12H2,1-3H3. The van der Waals surface area contributed by atoms with Crippen molar-refractivity contribution in [1.82, 2.24) is 0 Å². The van der Waals surface area contributed by atoms with Crippen LogP contribution in [0.25, 0.3) is 0 Å². The Morgan fingerprint density at radius 2 is 2.27 bits per heavy atom. The van der Waals surface area contributed by atoms with Crippen LogP contribution in [0.3, 0.4) is 0 Å². The highest BCUT2D eigenvalue weighted by Gasteiger charge is 2.45. The van der Waals surface area contributed by atoms with E-state index in [1.807, 2.05) is 0 Å². The van der Waals surface area contributed by atoms with E-state index in [0.29, 0.717) is 6.61 Å². The molecule has 0 aliphatic heterocycles. The van der Waals surface area contributed by atoms with Gasteiger partial charge in [-0.1, -0.05) is 11.6 Å². The first-order valence-corrected chi connectivity index (χ1v) is 4.95. The molecule has 0 spiro atoms. The van der Waals surface area contributed by atoms with Crippen molar-refractivity contribution in [2.45, 2.75) is 26.8 Å². The van der Waals surface area contributed by atoms with Crippen LogP contribution in [0.5, 0.6) is 0 Å². The van der Waals surface area contributed by atoms with Crippen LogP contribution >= 0.6 is 0 Å². The van der Waals surface area contributed by atoms with E-state index in [2.05, 4.69) is 0 Å². The maximum absolute atomic E-state index is 11.8. The number of hydrogen-bond acceptors (Lipinski definition) is 4.